The van der Waals surface area contributed by atoms with Crippen molar-refractivity contribution in [1.29, 1.82) is 0 Å². The Balaban J connectivity index is 2.07. The van der Waals surface area contributed by atoms with Gasteiger partial charge in [-0.25, -0.2) is 0 Å². The second-order valence-electron chi connectivity index (χ2n) is 7.96. The molecule has 0 fully saturated rings. The number of nitrogens with zero attached hydrogens (tertiary/aromatic N) is 1. The van der Waals surface area contributed by atoms with E-state index in [2.05, 4.69) is 101 Å². The van der Waals surface area contributed by atoms with Gasteiger partial charge in [0.15, 0.2) is 0 Å². The number of hydrogen-bond acceptors (Lipinski definition) is 1. The molecule has 0 atom stereocenters. The Kier molecular flexibility index (Phi) is 6.01. The van der Waals surface area contributed by atoms with E-state index in [4.69, 9.17) is 0 Å². The van der Waals surface area contributed by atoms with Gasteiger partial charge in [0.05, 0.1) is 0 Å². The first-order valence-corrected chi connectivity index (χ1v) is 8.77. The minimum atomic E-state index is 0.215. The molecule has 0 N–H and O–H groups in total. The predicted molar refractivity (Wildman–Crippen MR) is 106 cm³/mol. The predicted octanol–water partition coefficient (Wildman–Crippen LogP) is 5.91. The second kappa shape index (κ2) is 7.81. The third-order valence-corrected chi connectivity index (χ3v) is 4.43. The summed E-state index contributed by atoms with van der Waals surface area (Å²) in [5.74, 6) is 0. The lowest BCUT2D eigenvalue weighted by molar-refractivity contribution is 0.368. The first kappa shape index (κ1) is 18.5. The molecular weight excluding hydrogens is 290 g/mol. The van der Waals surface area contributed by atoms with Gasteiger partial charge in [-0.3, -0.25) is 4.90 Å². The van der Waals surface area contributed by atoms with Crippen molar-refractivity contribution in [1.82, 2.24) is 4.90 Å². The van der Waals surface area contributed by atoms with Crippen molar-refractivity contribution in [3.63, 3.8) is 0 Å². The number of hydrogen-bond donors (Lipinski definition) is 0. The maximum Gasteiger partial charge on any atom is 0.0239 e. The molecule has 0 saturated carbocycles. The van der Waals surface area contributed by atoms with E-state index in [1.807, 2.05) is 0 Å². The van der Waals surface area contributed by atoms with Crippen LogP contribution in [0.2, 0.25) is 0 Å². The van der Waals surface area contributed by atoms with Gasteiger partial charge in [-0.15, -0.1) is 0 Å². The van der Waals surface area contributed by atoms with Gasteiger partial charge in [0, 0.05) is 13.1 Å². The molecule has 1 nitrogen and oxygen atoms in total. The van der Waals surface area contributed by atoms with Crippen LogP contribution in [0.3, 0.4) is 0 Å². The molecule has 0 aromatic heterocycles. The third kappa shape index (κ3) is 5.07. The Labute approximate surface area is 148 Å². The van der Waals surface area contributed by atoms with Crippen LogP contribution >= 0.6 is 0 Å². The third-order valence-electron chi connectivity index (χ3n) is 4.43. The summed E-state index contributed by atoms with van der Waals surface area (Å²) in [6.45, 7) is 13.1. The van der Waals surface area contributed by atoms with Crippen LogP contribution in [0.1, 0.15) is 51.3 Å². The minimum absolute atomic E-state index is 0.215. The number of rotatable bonds is 5. The van der Waals surface area contributed by atoms with Crippen LogP contribution in [0.15, 0.2) is 60.2 Å². The standard InChI is InChI=1S/C23H31N/c1-18(2)22(20-10-8-7-9-11-20)17-24(6)16-19-12-14-21(15-13-19)23(3,4)5/h7-15H,16-17H2,1-6H3. The molecule has 1 heteroatoms. The molecule has 0 saturated heterocycles. The summed E-state index contributed by atoms with van der Waals surface area (Å²) in [4.78, 5) is 2.39. The van der Waals surface area contributed by atoms with Crippen LogP contribution in [0.5, 0.6) is 0 Å². The van der Waals surface area contributed by atoms with Crippen molar-refractivity contribution in [3.8, 4) is 0 Å². The van der Waals surface area contributed by atoms with Gasteiger partial charge < -0.3 is 0 Å². The quantitative estimate of drug-likeness (QED) is 0.661. The number of likely N-dealkylation sites (N-methyl/N-ethyl adjacent to an activating group) is 1. The SMILES string of the molecule is CC(C)=C(CN(C)Cc1ccc(C(C)(C)C)cc1)c1ccccc1. The molecule has 0 radical (unpaired) electrons. The molecule has 0 bridgehead atoms. The van der Waals surface area contributed by atoms with Crippen LogP contribution in [0, 0.1) is 0 Å². The van der Waals surface area contributed by atoms with E-state index in [9.17, 15) is 0 Å². The van der Waals surface area contributed by atoms with Crippen molar-refractivity contribution < 1.29 is 0 Å². The molecule has 2 aromatic rings. The smallest absolute Gasteiger partial charge is 0.0239 e. The van der Waals surface area contributed by atoms with Gasteiger partial charge in [-0.2, -0.15) is 0 Å². The zero-order chi connectivity index (χ0) is 17.7. The highest BCUT2D eigenvalue weighted by Gasteiger charge is 2.13. The first-order valence-electron chi connectivity index (χ1n) is 8.77. The van der Waals surface area contributed by atoms with Gasteiger partial charge in [0.1, 0.15) is 0 Å². The highest BCUT2D eigenvalue weighted by atomic mass is 15.1. The Morgan fingerprint density at radius 2 is 1.46 bits per heavy atom. The van der Waals surface area contributed by atoms with Crippen molar-refractivity contribution in [2.45, 2.75) is 46.6 Å². The topological polar surface area (TPSA) is 3.24 Å². The number of allylic oxidation sites excluding steroid dienone is 1. The summed E-state index contributed by atoms with van der Waals surface area (Å²) in [5.41, 5.74) is 7.11. The zero-order valence-electron chi connectivity index (χ0n) is 16.1. The molecular formula is C23H31N. The molecule has 0 aliphatic carbocycles. The fourth-order valence-corrected chi connectivity index (χ4v) is 2.93. The van der Waals surface area contributed by atoms with Crippen LogP contribution in [0.25, 0.3) is 5.57 Å². The van der Waals surface area contributed by atoms with Gasteiger partial charge in [-0.05, 0) is 48.6 Å². The van der Waals surface area contributed by atoms with E-state index in [0.29, 0.717) is 0 Å². The molecule has 0 aliphatic rings. The van der Waals surface area contributed by atoms with Crippen molar-refractivity contribution in [2.24, 2.45) is 0 Å². The molecule has 2 aromatic carbocycles. The highest BCUT2D eigenvalue weighted by molar-refractivity contribution is 5.69. The van der Waals surface area contributed by atoms with E-state index in [1.165, 1.54) is 27.8 Å². The van der Waals surface area contributed by atoms with E-state index in [0.717, 1.165) is 13.1 Å². The summed E-state index contributed by atoms with van der Waals surface area (Å²) in [5, 5.41) is 0. The van der Waals surface area contributed by atoms with Crippen molar-refractivity contribution in [3.05, 3.63) is 76.9 Å². The second-order valence-corrected chi connectivity index (χ2v) is 7.96. The average Bonchev–Trinajstić information content (AvgIpc) is 2.53. The summed E-state index contributed by atoms with van der Waals surface area (Å²) >= 11 is 0. The highest BCUT2D eigenvalue weighted by Crippen LogP contribution is 2.23. The van der Waals surface area contributed by atoms with Crippen LogP contribution in [-0.2, 0) is 12.0 Å². The monoisotopic (exact) mass is 321 g/mol. The number of benzene rings is 2. The molecule has 24 heavy (non-hydrogen) atoms. The van der Waals surface area contributed by atoms with E-state index >= 15 is 0 Å². The van der Waals surface area contributed by atoms with Gasteiger partial charge >= 0.3 is 0 Å². The molecule has 0 heterocycles. The van der Waals surface area contributed by atoms with Crippen molar-refractivity contribution >= 4 is 5.57 Å². The van der Waals surface area contributed by atoms with Crippen molar-refractivity contribution in [2.75, 3.05) is 13.6 Å². The lowest BCUT2D eigenvalue weighted by atomic mass is 9.87. The Morgan fingerprint density at radius 1 is 0.875 bits per heavy atom. The fourth-order valence-electron chi connectivity index (χ4n) is 2.93. The molecule has 0 spiro atoms. The van der Waals surface area contributed by atoms with Gasteiger partial charge in [0.2, 0.25) is 0 Å². The summed E-state index contributed by atoms with van der Waals surface area (Å²) in [6, 6.07) is 19.8. The first-order chi connectivity index (χ1) is 11.3. The average molecular weight is 322 g/mol. The zero-order valence-corrected chi connectivity index (χ0v) is 16.1. The Bertz CT molecular complexity index is 668. The molecule has 0 amide bonds. The molecule has 0 unspecified atom stereocenters. The van der Waals surface area contributed by atoms with E-state index < -0.39 is 0 Å². The molecule has 2 rings (SSSR count). The van der Waals surface area contributed by atoms with E-state index in [1.54, 1.807) is 0 Å². The van der Waals surface area contributed by atoms with Crippen LogP contribution < -0.4 is 0 Å². The summed E-state index contributed by atoms with van der Waals surface area (Å²) in [7, 11) is 2.20. The van der Waals surface area contributed by atoms with E-state index in [-0.39, 0.29) is 5.41 Å². The Hall–Kier alpha value is -1.86. The Morgan fingerprint density at radius 3 is 1.96 bits per heavy atom. The lowest BCUT2D eigenvalue weighted by Crippen LogP contribution is -2.21. The fraction of sp³-hybridized carbons (Fsp3) is 0.391. The largest absolute Gasteiger partial charge is 0.298 e. The maximum absolute atomic E-state index is 2.39. The summed E-state index contributed by atoms with van der Waals surface area (Å²) < 4.78 is 0. The molecule has 128 valence electrons. The van der Waals surface area contributed by atoms with Crippen LogP contribution in [-0.4, -0.2) is 18.5 Å². The van der Waals surface area contributed by atoms with Gasteiger partial charge in [0.25, 0.3) is 0 Å². The van der Waals surface area contributed by atoms with Gasteiger partial charge in [-0.1, -0.05) is 80.9 Å². The minimum Gasteiger partial charge on any atom is -0.298 e. The molecule has 0 aliphatic heterocycles. The normalized spacial score (nSPS) is 11.6. The lowest BCUT2D eigenvalue weighted by Gasteiger charge is -2.22. The maximum atomic E-state index is 2.39. The van der Waals surface area contributed by atoms with Crippen LogP contribution in [0.4, 0.5) is 0 Å². The summed E-state index contributed by atoms with van der Waals surface area (Å²) in [6.07, 6.45) is 0.